The van der Waals surface area contributed by atoms with Crippen molar-refractivity contribution in [1.82, 2.24) is 9.97 Å². The first-order chi connectivity index (χ1) is 13.1. The highest BCUT2D eigenvalue weighted by Gasteiger charge is 2.23. The minimum absolute atomic E-state index is 0.0288. The van der Waals surface area contributed by atoms with Gasteiger partial charge in [-0.15, -0.1) is 0 Å². The molecule has 0 radical (unpaired) electrons. The maximum atomic E-state index is 13.0. The second-order valence-electron chi connectivity index (χ2n) is 5.48. The predicted molar refractivity (Wildman–Crippen MR) is 98.7 cm³/mol. The Bertz CT molecular complexity index is 950. The van der Waals surface area contributed by atoms with Crippen molar-refractivity contribution in [2.75, 3.05) is 17.7 Å². The summed E-state index contributed by atoms with van der Waals surface area (Å²) >= 11 is 0. The predicted octanol–water partition coefficient (Wildman–Crippen LogP) is 3.89. The van der Waals surface area contributed by atoms with Crippen molar-refractivity contribution in [3.8, 4) is 5.75 Å². The topological polar surface area (TPSA) is 102 Å². The summed E-state index contributed by atoms with van der Waals surface area (Å²) in [4.78, 5) is 19.0. The van der Waals surface area contributed by atoms with Crippen LogP contribution in [0.2, 0.25) is 0 Å². The first kappa shape index (κ1) is 18.1. The number of hydrogen-bond acceptors (Lipinski definition) is 7. The average Bonchev–Trinajstić information content (AvgIpc) is 2.68. The van der Waals surface area contributed by atoms with E-state index >= 15 is 0 Å². The maximum Gasteiger partial charge on any atom is 0.353 e. The van der Waals surface area contributed by atoms with Crippen molar-refractivity contribution < 1.29 is 14.1 Å². The smallest absolute Gasteiger partial charge is 0.353 e. The molecule has 8 nitrogen and oxygen atoms in total. The van der Waals surface area contributed by atoms with Gasteiger partial charge < -0.3 is 15.4 Å². The van der Waals surface area contributed by atoms with Gasteiger partial charge in [-0.05, 0) is 29.8 Å². The summed E-state index contributed by atoms with van der Waals surface area (Å²) < 4.78 is 18.2. The molecule has 0 spiro atoms. The van der Waals surface area contributed by atoms with Crippen molar-refractivity contribution in [2.24, 2.45) is 0 Å². The van der Waals surface area contributed by atoms with Crippen LogP contribution in [0.25, 0.3) is 0 Å². The summed E-state index contributed by atoms with van der Waals surface area (Å²) in [5.74, 6) is 0.249. The number of methoxy groups -OCH3 is 1. The molecule has 0 bridgehead atoms. The van der Waals surface area contributed by atoms with Gasteiger partial charge in [0.15, 0.2) is 0 Å². The lowest BCUT2D eigenvalue weighted by atomic mass is 10.2. The Morgan fingerprint density at radius 1 is 1.11 bits per heavy atom. The molecule has 9 heteroatoms. The van der Waals surface area contributed by atoms with Crippen molar-refractivity contribution in [2.45, 2.75) is 6.54 Å². The highest BCUT2D eigenvalue weighted by atomic mass is 19.1. The Morgan fingerprint density at radius 3 is 2.52 bits per heavy atom. The fraction of sp³-hybridized carbons (Fsp3) is 0.111. The molecular weight excluding hydrogens is 353 g/mol. The number of nitrogens with zero attached hydrogens (tertiary/aromatic N) is 3. The van der Waals surface area contributed by atoms with E-state index in [-0.39, 0.29) is 29.7 Å². The van der Waals surface area contributed by atoms with Crippen molar-refractivity contribution >= 4 is 23.0 Å². The van der Waals surface area contributed by atoms with E-state index in [1.165, 1.54) is 25.6 Å². The zero-order valence-corrected chi connectivity index (χ0v) is 14.3. The monoisotopic (exact) mass is 369 g/mol. The molecule has 0 fully saturated rings. The van der Waals surface area contributed by atoms with Gasteiger partial charge in [-0.3, -0.25) is 10.1 Å². The number of halogens is 1. The van der Waals surface area contributed by atoms with Gasteiger partial charge in [0.1, 0.15) is 17.9 Å². The normalized spacial score (nSPS) is 10.3. The van der Waals surface area contributed by atoms with E-state index in [2.05, 4.69) is 20.6 Å². The molecule has 0 aliphatic rings. The average molecular weight is 369 g/mol. The molecule has 3 rings (SSSR count). The minimum atomic E-state index is -0.565. The zero-order valence-electron chi connectivity index (χ0n) is 14.3. The molecule has 0 unspecified atom stereocenters. The van der Waals surface area contributed by atoms with E-state index in [1.807, 2.05) is 0 Å². The third-order valence-corrected chi connectivity index (χ3v) is 3.74. The van der Waals surface area contributed by atoms with Crippen molar-refractivity contribution in [3.05, 3.63) is 76.4 Å². The number of benzene rings is 2. The third kappa shape index (κ3) is 4.27. The van der Waals surface area contributed by atoms with Crippen LogP contribution in [0, 0.1) is 15.9 Å². The number of rotatable bonds is 7. The second-order valence-corrected chi connectivity index (χ2v) is 5.48. The van der Waals surface area contributed by atoms with Crippen LogP contribution in [0.4, 0.5) is 27.4 Å². The van der Waals surface area contributed by atoms with Gasteiger partial charge in [0.05, 0.1) is 17.7 Å². The van der Waals surface area contributed by atoms with Crippen LogP contribution in [-0.2, 0) is 6.54 Å². The van der Waals surface area contributed by atoms with Gasteiger partial charge in [-0.25, -0.2) is 14.4 Å². The molecule has 0 atom stereocenters. The van der Waals surface area contributed by atoms with Gasteiger partial charge in [-0.2, -0.15) is 0 Å². The third-order valence-electron chi connectivity index (χ3n) is 3.74. The summed E-state index contributed by atoms with van der Waals surface area (Å²) in [6.07, 6.45) is 1.22. The summed E-state index contributed by atoms with van der Waals surface area (Å²) in [6, 6.07) is 12.8. The molecule has 1 aromatic heterocycles. The molecule has 2 N–H and O–H groups in total. The Balaban J connectivity index is 1.88. The fourth-order valence-electron chi connectivity index (χ4n) is 2.44. The van der Waals surface area contributed by atoms with Crippen molar-refractivity contribution in [1.29, 1.82) is 0 Å². The number of para-hydroxylation sites is 2. The van der Waals surface area contributed by atoms with Gasteiger partial charge in [0.25, 0.3) is 0 Å². The molecule has 2 aromatic carbocycles. The number of nitro groups is 1. The van der Waals surface area contributed by atoms with Gasteiger partial charge >= 0.3 is 5.69 Å². The Labute approximate surface area is 154 Å². The van der Waals surface area contributed by atoms with E-state index in [9.17, 15) is 14.5 Å². The first-order valence-corrected chi connectivity index (χ1v) is 7.96. The van der Waals surface area contributed by atoms with E-state index in [1.54, 1.807) is 36.4 Å². The summed E-state index contributed by atoms with van der Waals surface area (Å²) in [5, 5.41) is 17.4. The van der Waals surface area contributed by atoms with Gasteiger partial charge in [0, 0.05) is 6.54 Å². The second kappa shape index (κ2) is 8.09. The lowest BCUT2D eigenvalue weighted by Gasteiger charge is -2.12. The maximum absolute atomic E-state index is 13.0. The SMILES string of the molecule is COc1ccccc1Nc1ncnc(NCc2ccc(F)cc2)c1[N+](=O)[O-]. The van der Waals surface area contributed by atoms with Crippen LogP contribution < -0.4 is 15.4 Å². The number of anilines is 3. The summed E-state index contributed by atoms with van der Waals surface area (Å²) in [5.41, 5.74) is 0.986. The van der Waals surface area contributed by atoms with Crippen molar-refractivity contribution in [3.63, 3.8) is 0 Å². The number of ether oxygens (including phenoxy) is 1. The van der Waals surface area contributed by atoms with Crippen LogP contribution in [0.3, 0.4) is 0 Å². The molecule has 0 aliphatic heterocycles. The van der Waals surface area contributed by atoms with Crippen LogP contribution >= 0.6 is 0 Å². The number of hydrogen-bond donors (Lipinski definition) is 2. The highest BCUT2D eigenvalue weighted by Crippen LogP contribution is 2.34. The molecular formula is C18H16FN5O3. The van der Waals surface area contributed by atoms with Gasteiger partial charge in [0.2, 0.25) is 11.6 Å². The molecule has 0 aliphatic carbocycles. The largest absolute Gasteiger partial charge is 0.495 e. The number of nitrogens with one attached hydrogen (secondary N) is 2. The zero-order chi connectivity index (χ0) is 19.2. The lowest BCUT2D eigenvalue weighted by Crippen LogP contribution is -2.08. The molecule has 0 amide bonds. The lowest BCUT2D eigenvalue weighted by molar-refractivity contribution is -0.383. The fourth-order valence-corrected chi connectivity index (χ4v) is 2.44. The van der Waals surface area contributed by atoms with E-state index in [4.69, 9.17) is 4.74 Å². The standard InChI is InChI=1S/C18H16FN5O3/c1-27-15-5-3-2-4-14(15)23-18-16(24(25)26)17(21-11-22-18)20-10-12-6-8-13(19)9-7-12/h2-9,11H,10H2,1H3,(H2,20,21,22,23). The Kier molecular flexibility index (Phi) is 5.41. The first-order valence-electron chi connectivity index (χ1n) is 7.96. The molecule has 0 saturated heterocycles. The summed E-state index contributed by atoms with van der Waals surface area (Å²) in [6.45, 7) is 0.242. The number of aromatic nitrogens is 2. The van der Waals surface area contributed by atoms with E-state index in [0.717, 1.165) is 5.56 Å². The van der Waals surface area contributed by atoms with Crippen LogP contribution in [0.5, 0.6) is 5.75 Å². The van der Waals surface area contributed by atoms with E-state index < -0.39 is 4.92 Å². The van der Waals surface area contributed by atoms with E-state index in [0.29, 0.717) is 11.4 Å². The van der Waals surface area contributed by atoms with Gasteiger partial charge in [-0.1, -0.05) is 24.3 Å². The highest BCUT2D eigenvalue weighted by molar-refractivity contribution is 5.75. The Hall–Kier alpha value is -3.75. The Morgan fingerprint density at radius 2 is 1.81 bits per heavy atom. The van der Waals surface area contributed by atoms with Crippen LogP contribution in [-0.4, -0.2) is 22.0 Å². The molecule has 27 heavy (non-hydrogen) atoms. The van der Waals surface area contributed by atoms with Crippen LogP contribution in [0.1, 0.15) is 5.56 Å². The summed E-state index contributed by atoms with van der Waals surface area (Å²) in [7, 11) is 1.50. The molecule has 3 aromatic rings. The minimum Gasteiger partial charge on any atom is -0.495 e. The quantitative estimate of drug-likeness (QED) is 0.481. The molecule has 1 heterocycles. The molecule has 0 saturated carbocycles. The molecule has 138 valence electrons. The van der Waals surface area contributed by atoms with Crippen LogP contribution in [0.15, 0.2) is 54.9 Å².